The number of hydrogen-bond donors (Lipinski definition) is 1. The Balaban J connectivity index is 2.33. The molecule has 0 spiro atoms. The van der Waals surface area contributed by atoms with Crippen LogP contribution in [-0.2, 0) is 11.3 Å². The molecule has 1 rings (SSSR count). The lowest BCUT2D eigenvalue weighted by Gasteiger charge is -2.10. The van der Waals surface area contributed by atoms with Crippen LogP contribution < -0.4 is 5.32 Å². The number of hydrogen-bond acceptors (Lipinski definition) is 2. The van der Waals surface area contributed by atoms with Crippen LogP contribution in [0.2, 0.25) is 0 Å². The molecule has 1 atom stereocenters. The molecular formula is C12H15FINO2. The number of nitrogens with one attached hydrogen (secondary N) is 1. The number of alkyl carbamates (subject to hydrolysis) is 1. The molecule has 1 N–H and O–H groups in total. The van der Waals surface area contributed by atoms with Gasteiger partial charge in [-0.25, -0.2) is 9.18 Å². The normalized spacial score (nSPS) is 11.9. The number of amides is 1. The summed E-state index contributed by atoms with van der Waals surface area (Å²) in [5.41, 5.74) is 0.958. The largest absolute Gasteiger partial charge is 0.415 e. The average molecular weight is 351 g/mol. The molecule has 0 radical (unpaired) electrons. The molecule has 0 aliphatic heterocycles. The van der Waals surface area contributed by atoms with E-state index in [2.05, 4.69) is 32.6 Å². The molecule has 1 unspecified atom stereocenters. The first-order chi connectivity index (χ1) is 8.11. The first-order valence-corrected chi connectivity index (χ1v) is 6.52. The third-order valence-corrected chi connectivity index (χ3v) is 2.75. The van der Waals surface area contributed by atoms with Gasteiger partial charge in [0, 0.05) is 16.5 Å². The van der Waals surface area contributed by atoms with Gasteiger partial charge in [-0.1, -0.05) is 19.1 Å². The summed E-state index contributed by atoms with van der Waals surface area (Å²) in [7, 11) is 0. The summed E-state index contributed by atoms with van der Waals surface area (Å²) in [6.45, 7) is 2.17. The maximum Gasteiger partial charge on any atom is 0.409 e. The molecule has 0 saturated carbocycles. The van der Waals surface area contributed by atoms with E-state index in [1.165, 1.54) is 0 Å². The number of halogens is 2. The van der Waals surface area contributed by atoms with Crippen molar-refractivity contribution in [3.05, 3.63) is 33.4 Å². The van der Waals surface area contributed by atoms with E-state index in [1.807, 2.05) is 31.2 Å². The number of benzene rings is 1. The Morgan fingerprint density at radius 1 is 1.59 bits per heavy atom. The zero-order chi connectivity index (χ0) is 12.7. The number of carbonyl (C=O) groups excluding carboxylic acids is 1. The number of alkyl halides is 1. The van der Waals surface area contributed by atoms with Gasteiger partial charge >= 0.3 is 6.09 Å². The van der Waals surface area contributed by atoms with Crippen molar-refractivity contribution in [1.29, 1.82) is 0 Å². The van der Waals surface area contributed by atoms with Crippen molar-refractivity contribution in [2.75, 3.05) is 0 Å². The molecule has 3 nitrogen and oxygen atoms in total. The highest BCUT2D eigenvalue weighted by Crippen LogP contribution is 2.08. The van der Waals surface area contributed by atoms with Gasteiger partial charge in [0.15, 0.2) is 0 Å². The first kappa shape index (κ1) is 14.2. The quantitative estimate of drug-likeness (QED) is 0.823. The second-order valence-corrected chi connectivity index (χ2v) is 4.83. The Hall–Kier alpha value is -0.850. The summed E-state index contributed by atoms with van der Waals surface area (Å²) in [6.07, 6.45) is -1.36. The van der Waals surface area contributed by atoms with Gasteiger partial charge in [-0.15, -0.1) is 0 Å². The zero-order valence-corrected chi connectivity index (χ0v) is 11.7. The van der Waals surface area contributed by atoms with Gasteiger partial charge in [-0.3, -0.25) is 0 Å². The van der Waals surface area contributed by atoms with Crippen molar-refractivity contribution >= 4 is 28.7 Å². The molecule has 0 aliphatic carbocycles. The van der Waals surface area contributed by atoms with E-state index >= 15 is 0 Å². The second kappa shape index (κ2) is 7.47. The second-order valence-electron chi connectivity index (χ2n) is 3.59. The number of carbonyl (C=O) groups is 1. The molecule has 1 aromatic rings. The predicted molar refractivity (Wildman–Crippen MR) is 72.3 cm³/mol. The van der Waals surface area contributed by atoms with E-state index in [4.69, 9.17) is 0 Å². The Labute approximate surface area is 114 Å². The number of ether oxygens (including phenoxy) is 1. The van der Waals surface area contributed by atoms with Crippen LogP contribution in [-0.4, -0.2) is 12.5 Å². The maximum atomic E-state index is 13.0. The highest BCUT2D eigenvalue weighted by Gasteiger charge is 2.10. The van der Waals surface area contributed by atoms with Crippen molar-refractivity contribution in [2.24, 2.45) is 0 Å². The van der Waals surface area contributed by atoms with E-state index in [-0.39, 0.29) is 6.42 Å². The van der Waals surface area contributed by atoms with Gasteiger partial charge in [-0.2, -0.15) is 0 Å². The van der Waals surface area contributed by atoms with Gasteiger partial charge < -0.3 is 10.1 Å². The minimum atomic E-state index is -1.52. The van der Waals surface area contributed by atoms with Crippen LogP contribution in [0.25, 0.3) is 0 Å². The van der Waals surface area contributed by atoms with Gasteiger partial charge in [-0.05, 0) is 46.7 Å². The fourth-order valence-electron chi connectivity index (χ4n) is 1.26. The van der Waals surface area contributed by atoms with Gasteiger partial charge in [0.2, 0.25) is 6.36 Å². The topological polar surface area (TPSA) is 38.3 Å². The highest BCUT2D eigenvalue weighted by atomic mass is 127. The van der Waals surface area contributed by atoms with Crippen molar-refractivity contribution in [3.8, 4) is 0 Å². The average Bonchev–Trinajstić information content (AvgIpc) is 2.27. The highest BCUT2D eigenvalue weighted by molar-refractivity contribution is 14.1. The molecule has 0 aromatic heterocycles. The maximum absolute atomic E-state index is 13.0. The Kier molecular flexibility index (Phi) is 6.25. The Morgan fingerprint density at radius 3 is 3.00 bits per heavy atom. The smallest absolute Gasteiger partial charge is 0.409 e. The lowest BCUT2D eigenvalue weighted by atomic mass is 10.2. The zero-order valence-electron chi connectivity index (χ0n) is 9.58. The van der Waals surface area contributed by atoms with Crippen LogP contribution in [0.3, 0.4) is 0 Å². The lowest BCUT2D eigenvalue weighted by molar-refractivity contribution is 0.00799. The van der Waals surface area contributed by atoms with Gasteiger partial charge in [0.1, 0.15) is 0 Å². The monoisotopic (exact) mass is 351 g/mol. The molecule has 17 heavy (non-hydrogen) atoms. The third kappa shape index (κ3) is 5.86. The lowest BCUT2D eigenvalue weighted by Crippen LogP contribution is -2.26. The summed E-state index contributed by atoms with van der Waals surface area (Å²) in [5.74, 6) is 0. The van der Waals surface area contributed by atoms with Crippen molar-refractivity contribution in [2.45, 2.75) is 32.7 Å². The SMILES string of the molecule is CCCC(F)OC(=O)NCc1cccc(I)c1. The molecule has 5 heteroatoms. The minimum absolute atomic E-state index is 0.233. The molecule has 0 bridgehead atoms. The van der Waals surface area contributed by atoms with Crippen LogP contribution in [0.4, 0.5) is 9.18 Å². The van der Waals surface area contributed by atoms with Crippen molar-refractivity contribution in [1.82, 2.24) is 5.32 Å². The van der Waals surface area contributed by atoms with E-state index in [1.54, 1.807) is 0 Å². The minimum Gasteiger partial charge on any atom is -0.415 e. The predicted octanol–water partition coefficient (Wildman–Crippen LogP) is 3.61. The Bertz CT molecular complexity index is 373. The molecule has 1 amide bonds. The fourth-order valence-corrected chi connectivity index (χ4v) is 1.87. The van der Waals surface area contributed by atoms with Crippen molar-refractivity contribution in [3.63, 3.8) is 0 Å². The number of rotatable bonds is 5. The molecule has 0 heterocycles. The molecule has 0 fully saturated rings. The first-order valence-electron chi connectivity index (χ1n) is 5.44. The standard InChI is InChI=1S/C12H15FINO2/c1-2-4-11(13)17-12(16)15-8-9-5-3-6-10(14)7-9/h3,5-7,11H,2,4,8H2,1H3,(H,15,16). The molecule has 94 valence electrons. The van der Waals surface area contributed by atoms with Crippen molar-refractivity contribution < 1.29 is 13.9 Å². The third-order valence-electron chi connectivity index (χ3n) is 2.08. The summed E-state index contributed by atoms with van der Waals surface area (Å²) < 4.78 is 18.6. The van der Waals surface area contributed by atoms with Crippen LogP contribution in [0.5, 0.6) is 0 Å². The molecule has 0 saturated heterocycles. The van der Waals surface area contributed by atoms with E-state index < -0.39 is 12.5 Å². The van der Waals surface area contributed by atoms with Crippen LogP contribution in [0, 0.1) is 3.57 Å². The van der Waals surface area contributed by atoms with E-state index in [0.717, 1.165) is 9.13 Å². The summed E-state index contributed by atoms with van der Waals surface area (Å²) in [4.78, 5) is 11.2. The van der Waals surface area contributed by atoms with Gasteiger partial charge in [0.25, 0.3) is 0 Å². The Morgan fingerprint density at radius 2 is 2.35 bits per heavy atom. The van der Waals surface area contributed by atoms with Crippen LogP contribution in [0.1, 0.15) is 25.3 Å². The fraction of sp³-hybridized carbons (Fsp3) is 0.417. The summed E-state index contributed by atoms with van der Waals surface area (Å²) in [6, 6.07) is 7.70. The molecule has 1 aromatic carbocycles. The summed E-state index contributed by atoms with van der Waals surface area (Å²) in [5, 5.41) is 2.51. The van der Waals surface area contributed by atoms with Crippen LogP contribution in [0.15, 0.2) is 24.3 Å². The molecular weight excluding hydrogens is 336 g/mol. The van der Waals surface area contributed by atoms with Gasteiger partial charge in [0.05, 0.1) is 0 Å². The summed E-state index contributed by atoms with van der Waals surface area (Å²) >= 11 is 2.19. The van der Waals surface area contributed by atoms with E-state index in [0.29, 0.717) is 13.0 Å². The van der Waals surface area contributed by atoms with Crippen LogP contribution >= 0.6 is 22.6 Å². The van der Waals surface area contributed by atoms with E-state index in [9.17, 15) is 9.18 Å². The molecule has 0 aliphatic rings.